The SMILES string of the molecule is CN(C)c1nc(NC2CCC(NC(=S)Nc3c(F)cc(Br)cc3Br)CC2)nc2ccccc12. The molecule has 174 valence electrons. The number of thiocarbonyl (C=S) groups is 1. The maximum atomic E-state index is 14.3. The quantitative estimate of drug-likeness (QED) is 0.309. The first-order valence-electron chi connectivity index (χ1n) is 10.7. The van der Waals surface area contributed by atoms with E-state index in [9.17, 15) is 4.39 Å². The van der Waals surface area contributed by atoms with Crippen molar-refractivity contribution in [1.82, 2.24) is 15.3 Å². The second-order valence-electron chi connectivity index (χ2n) is 8.32. The van der Waals surface area contributed by atoms with E-state index in [1.165, 1.54) is 6.07 Å². The normalized spacial score (nSPS) is 18.1. The highest BCUT2D eigenvalue weighted by Gasteiger charge is 2.23. The van der Waals surface area contributed by atoms with E-state index >= 15 is 0 Å². The molecule has 0 aliphatic heterocycles. The van der Waals surface area contributed by atoms with Crippen LogP contribution in [-0.4, -0.2) is 41.3 Å². The van der Waals surface area contributed by atoms with Crippen molar-refractivity contribution in [2.75, 3.05) is 29.6 Å². The molecule has 1 heterocycles. The van der Waals surface area contributed by atoms with Crippen molar-refractivity contribution in [2.45, 2.75) is 37.8 Å². The minimum Gasteiger partial charge on any atom is -0.362 e. The van der Waals surface area contributed by atoms with Gasteiger partial charge in [0.25, 0.3) is 0 Å². The third-order valence-corrected chi connectivity index (χ3v) is 6.95. The highest BCUT2D eigenvalue weighted by atomic mass is 79.9. The number of nitrogens with one attached hydrogen (secondary N) is 3. The lowest BCUT2D eigenvalue weighted by molar-refractivity contribution is 0.387. The van der Waals surface area contributed by atoms with Gasteiger partial charge in [-0.15, -0.1) is 0 Å². The van der Waals surface area contributed by atoms with Gasteiger partial charge in [0.15, 0.2) is 5.11 Å². The highest BCUT2D eigenvalue weighted by molar-refractivity contribution is 9.11. The number of anilines is 3. The van der Waals surface area contributed by atoms with Gasteiger partial charge in [0.2, 0.25) is 5.95 Å². The monoisotopic (exact) mass is 594 g/mol. The molecule has 33 heavy (non-hydrogen) atoms. The maximum absolute atomic E-state index is 14.3. The fourth-order valence-corrected chi connectivity index (χ4v) is 5.57. The molecule has 1 aliphatic rings. The number of aromatic nitrogens is 2. The molecule has 1 aliphatic carbocycles. The lowest BCUT2D eigenvalue weighted by Gasteiger charge is -2.30. The summed E-state index contributed by atoms with van der Waals surface area (Å²) in [6.45, 7) is 0. The van der Waals surface area contributed by atoms with Gasteiger partial charge in [0.1, 0.15) is 11.6 Å². The molecule has 4 rings (SSSR count). The Kier molecular flexibility index (Phi) is 7.65. The van der Waals surface area contributed by atoms with Crippen molar-refractivity contribution in [3.63, 3.8) is 0 Å². The van der Waals surface area contributed by atoms with Gasteiger partial charge < -0.3 is 20.9 Å². The smallest absolute Gasteiger partial charge is 0.225 e. The molecule has 6 nitrogen and oxygen atoms in total. The molecule has 2 aromatic carbocycles. The first-order valence-corrected chi connectivity index (χ1v) is 12.7. The van der Waals surface area contributed by atoms with Crippen molar-refractivity contribution >= 4 is 77.5 Å². The molecule has 0 radical (unpaired) electrons. The lowest BCUT2D eigenvalue weighted by Crippen LogP contribution is -2.42. The largest absolute Gasteiger partial charge is 0.362 e. The Morgan fingerprint density at radius 3 is 2.45 bits per heavy atom. The zero-order chi connectivity index (χ0) is 23.5. The molecule has 0 amide bonds. The third kappa shape index (κ3) is 5.91. The average molecular weight is 596 g/mol. The molecule has 1 aromatic heterocycles. The lowest BCUT2D eigenvalue weighted by atomic mass is 9.91. The number of hydrogen-bond donors (Lipinski definition) is 3. The Hall–Kier alpha value is -2.04. The molecule has 0 unspecified atom stereocenters. The van der Waals surface area contributed by atoms with Crippen molar-refractivity contribution in [2.24, 2.45) is 0 Å². The first-order chi connectivity index (χ1) is 15.8. The Balaban J connectivity index is 1.34. The first kappa shape index (κ1) is 24.1. The number of nitrogens with zero attached hydrogens (tertiary/aromatic N) is 3. The standard InChI is InChI=1S/C23H25Br2FN6S/c1-32(2)21-16-5-3-4-6-19(16)29-22(31-21)27-14-7-9-15(10-8-14)28-23(33)30-20-17(25)11-13(24)12-18(20)26/h3-6,11-12,14-15H,7-10H2,1-2H3,(H,27,29,31)(H2,28,30,33). The number of halogens is 3. The van der Waals surface area contributed by atoms with Gasteiger partial charge in [-0.3, -0.25) is 0 Å². The van der Waals surface area contributed by atoms with E-state index in [0.29, 0.717) is 31.7 Å². The molecule has 3 aromatic rings. The van der Waals surface area contributed by atoms with Crippen LogP contribution in [0.4, 0.5) is 21.8 Å². The second kappa shape index (κ2) is 10.5. The van der Waals surface area contributed by atoms with Crippen LogP contribution in [0, 0.1) is 5.82 Å². The van der Waals surface area contributed by atoms with Crippen LogP contribution in [0.15, 0.2) is 45.3 Å². The number of fused-ring (bicyclic) bond motifs is 1. The zero-order valence-corrected chi connectivity index (χ0v) is 22.3. The predicted octanol–water partition coefficient (Wildman–Crippen LogP) is 6.07. The number of para-hydroxylation sites is 1. The highest BCUT2D eigenvalue weighted by Crippen LogP contribution is 2.30. The molecule has 10 heteroatoms. The summed E-state index contributed by atoms with van der Waals surface area (Å²) in [7, 11) is 3.98. The summed E-state index contributed by atoms with van der Waals surface area (Å²) < 4.78 is 15.5. The predicted molar refractivity (Wildman–Crippen MR) is 145 cm³/mol. The summed E-state index contributed by atoms with van der Waals surface area (Å²) in [6.07, 6.45) is 3.81. The van der Waals surface area contributed by atoms with Crippen LogP contribution in [0.1, 0.15) is 25.7 Å². The van der Waals surface area contributed by atoms with E-state index in [1.54, 1.807) is 6.07 Å². The molecule has 0 saturated heterocycles. The van der Waals surface area contributed by atoms with Crippen LogP contribution >= 0.6 is 44.1 Å². The van der Waals surface area contributed by atoms with Gasteiger partial charge in [-0.25, -0.2) is 9.37 Å². The van der Waals surface area contributed by atoms with Crippen LogP contribution in [0.3, 0.4) is 0 Å². The Morgan fingerprint density at radius 2 is 1.76 bits per heavy atom. The molecular weight excluding hydrogens is 571 g/mol. The van der Waals surface area contributed by atoms with Crippen molar-refractivity contribution < 1.29 is 4.39 Å². The zero-order valence-electron chi connectivity index (χ0n) is 18.3. The summed E-state index contributed by atoms with van der Waals surface area (Å²) in [4.78, 5) is 11.5. The van der Waals surface area contributed by atoms with Crippen LogP contribution in [-0.2, 0) is 0 Å². The summed E-state index contributed by atoms with van der Waals surface area (Å²) in [6, 6.07) is 11.8. The van der Waals surface area contributed by atoms with Gasteiger partial charge in [-0.05, 0) is 78.1 Å². The van der Waals surface area contributed by atoms with Gasteiger partial charge in [0.05, 0.1) is 11.2 Å². The summed E-state index contributed by atoms with van der Waals surface area (Å²) in [5.74, 6) is 1.18. The second-order valence-corrected chi connectivity index (χ2v) is 10.5. The molecule has 1 saturated carbocycles. The van der Waals surface area contributed by atoms with Crippen molar-refractivity contribution in [3.05, 3.63) is 51.2 Å². The van der Waals surface area contributed by atoms with Crippen LogP contribution < -0.4 is 20.9 Å². The van der Waals surface area contributed by atoms with Crippen LogP contribution in [0.25, 0.3) is 10.9 Å². The summed E-state index contributed by atoms with van der Waals surface area (Å²) in [5, 5.41) is 11.3. The van der Waals surface area contributed by atoms with E-state index in [0.717, 1.165) is 42.4 Å². The van der Waals surface area contributed by atoms with E-state index in [-0.39, 0.29) is 11.9 Å². The van der Waals surface area contributed by atoms with Gasteiger partial charge in [-0.1, -0.05) is 28.1 Å². The molecule has 3 N–H and O–H groups in total. The van der Waals surface area contributed by atoms with Gasteiger partial charge in [-0.2, -0.15) is 4.98 Å². The van der Waals surface area contributed by atoms with Crippen LogP contribution in [0.5, 0.6) is 0 Å². The van der Waals surface area contributed by atoms with Gasteiger partial charge in [0, 0.05) is 40.5 Å². The third-order valence-electron chi connectivity index (χ3n) is 5.65. The number of hydrogen-bond acceptors (Lipinski definition) is 5. The van der Waals surface area contributed by atoms with E-state index in [2.05, 4.69) is 47.8 Å². The van der Waals surface area contributed by atoms with E-state index in [1.807, 2.05) is 43.3 Å². The minimum absolute atomic E-state index is 0.232. The molecular formula is C23H25Br2FN6S. The van der Waals surface area contributed by atoms with E-state index < -0.39 is 0 Å². The Morgan fingerprint density at radius 1 is 1.06 bits per heavy atom. The number of benzene rings is 2. The van der Waals surface area contributed by atoms with Gasteiger partial charge >= 0.3 is 0 Å². The fraction of sp³-hybridized carbons (Fsp3) is 0.348. The molecule has 0 bridgehead atoms. The molecule has 0 atom stereocenters. The number of rotatable bonds is 5. The Bertz CT molecular complexity index is 1140. The molecule has 0 spiro atoms. The summed E-state index contributed by atoms with van der Waals surface area (Å²) >= 11 is 12.1. The summed E-state index contributed by atoms with van der Waals surface area (Å²) in [5.41, 5.74) is 1.26. The fourth-order valence-electron chi connectivity index (χ4n) is 4.03. The van der Waals surface area contributed by atoms with Crippen LogP contribution in [0.2, 0.25) is 0 Å². The minimum atomic E-state index is -0.374. The average Bonchev–Trinajstić information content (AvgIpc) is 2.77. The van der Waals surface area contributed by atoms with E-state index in [4.69, 9.17) is 22.2 Å². The van der Waals surface area contributed by atoms with Crippen molar-refractivity contribution in [1.29, 1.82) is 0 Å². The maximum Gasteiger partial charge on any atom is 0.225 e. The Labute approximate surface area is 215 Å². The topological polar surface area (TPSA) is 65.1 Å². The molecule has 1 fully saturated rings. The van der Waals surface area contributed by atoms with Crippen molar-refractivity contribution in [3.8, 4) is 0 Å².